The van der Waals surface area contributed by atoms with Crippen molar-refractivity contribution in [3.63, 3.8) is 0 Å². The van der Waals surface area contributed by atoms with Crippen molar-refractivity contribution in [2.24, 2.45) is 0 Å². The van der Waals surface area contributed by atoms with Crippen LogP contribution in [0.2, 0.25) is 10.0 Å². The van der Waals surface area contributed by atoms with Gasteiger partial charge in [-0.05, 0) is 48.9 Å². The van der Waals surface area contributed by atoms with Crippen LogP contribution in [-0.4, -0.2) is 41.3 Å². The summed E-state index contributed by atoms with van der Waals surface area (Å²) in [6.07, 6.45) is 5.22. The standard InChI is InChI=1S/C16H24Cl2N2.C2H3N3S2/c1-2-3-4-5-7-20-8-6-19-12-16(20)13-9-14(17)11-15(18)10-13;3-1-4-5-2(6)7-1/h9-11,16,19H,2-8,12H2,1H3;(H2,3,4)(H,5,6). The Hall–Kier alpha value is -0.700. The second kappa shape index (κ2) is 12.0. The Morgan fingerprint density at radius 1 is 1.26 bits per heavy atom. The van der Waals surface area contributed by atoms with E-state index in [1.54, 1.807) is 6.07 Å². The summed E-state index contributed by atoms with van der Waals surface area (Å²) in [4.78, 5) is 2.56. The van der Waals surface area contributed by atoms with Crippen LogP contribution in [0, 0.1) is 3.95 Å². The first-order chi connectivity index (χ1) is 13.0. The van der Waals surface area contributed by atoms with Gasteiger partial charge >= 0.3 is 0 Å². The summed E-state index contributed by atoms with van der Waals surface area (Å²) in [7, 11) is 0. The number of unbranched alkanes of at least 4 members (excludes halogenated alkanes) is 3. The van der Waals surface area contributed by atoms with E-state index >= 15 is 0 Å². The number of nitrogens with one attached hydrogen (secondary N) is 2. The molecule has 3 rings (SSSR count). The van der Waals surface area contributed by atoms with Crippen LogP contribution in [0.3, 0.4) is 0 Å². The average Bonchev–Trinajstić information content (AvgIpc) is 3.02. The van der Waals surface area contributed by atoms with Crippen LogP contribution >= 0.6 is 46.8 Å². The molecule has 1 aliphatic rings. The molecule has 1 atom stereocenters. The topological polar surface area (TPSA) is 70.0 Å². The average molecular weight is 448 g/mol. The first-order valence-electron chi connectivity index (χ1n) is 9.21. The van der Waals surface area contributed by atoms with E-state index in [9.17, 15) is 0 Å². The summed E-state index contributed by atoms with van der Waals surface area (Å²) in [6.45, 7) is 6.56. The van der Waals surface area contributed by atoms with Crippen LogP contribution in [0.25, 0.3) is 0 Å². The summed E-state index contributed by atoms with van der Waals surface area (Å²) in [5, 5.41) is 11.5. The highest BCUT2D eigenvalue weighted by Gasteiger charge is 2.23. The first kappa shape index (κ1) is 22.6. The van der Waals surface area contributed by atoms with Crippen LogP contribution in [0.1, 0.15) is 44.2 Å². The number of nitrogens with two attached hydrogens (primary N) is 1. The molecule has 2 heterocycles. The van der Waals surface area contributed by atoms with Gasteiger partial charge in [0.2, 0.25) is 5.13 Å². The summed E-state index contributed by atoms with van der Waals surface area (Å²) in [6, 6.07) is 6.28. The molecule has 1 unspecified atom stereocenters. The molecule has 5 nitrogen and oxygen atoms in total. The van der Waals surface area contributed by atoms with Crippen molar-refractivity contribution in [3.8, 4) is 0 Å². The third-order valence-corrected chi connectivity index (χ3v) is 5.73. The molecule has 150 valence electrons. The number of aromatic amines is 1. The molecule has 4 N–H and O–H groups in total. The number of nitrogen functional groups attached to an aromatic ring is 1. The lowest BCUT2D eigenvalue weighted by Crippen LogP contribution is -2.46. The second-order valence-electron chi connectivity index (χ2n) is 6.47. The molecule has 2 aromatic rings. The van der Waals surface area contributed by atoms with Gasteiger partial charge in [-0.1, -0.05) is 60.7 Å². The Labute approximate surface area is 180 Å². The van der Waals surface area contributed by atoms with E-state index < -0.39 is 0 Å². The molecule has 0 amide bonds. The number of halogens is 2. The Balaban J connectivity index is 0.000000313. The van der Waals surface area contributed by atoms with Crippen LogP contribution < -0.4 is 11.1 Å². The molecule has 27 heavy (non-hydrogen) atoms. The third kappa shape index (κ3) is 8.05. The fourth-order valence-corrected chi connectivity index (χ4v) is 4.31. The van der Waals surface area contributed by atoms with Gasteiger partial charge in [0.25, 0.3) is 0 Å². The highest BCUT2D eigenvalue weighted by Crippen LogP contribution is 2.28. The van der Waals surface area contributed by atoms with Crippen molar-refractivity contribution in [1.82, 2.24) is 20.4 Å². The summed E-state index contributed by atoms with van der Waals surface area (Å²) in [5.74, 6) is 0. The Morgan fingerprint density at radius 2 is 2.00 bits per heavy atom. The van der Waals surface area contributed by atoms with Crippen molar-refractivity contribution < 1.29 is 0 Å². The van der Waals surface area contributed by atoms with Crippen molar-refractivity contribution in [3.05, 3.63) is 37.8 Å². The molecule has 9 heteroatoms. The smallest absolute Gasteiger partial charge is 0.201 e. The van der Waals surface area contributed by atoms with Gasteiger partial charge in [0.05, 0.1) is 0 Å². The monoisotopic (exact) mass is 447 g/mol. The number of H-pyrrole nitrogens is 1. The summed E-state index contributed by atoms with van der Waals surface area (Å²) in [5.41, 5.74) is 6.42. The zero-order chi connectivity index (χ0) is 19.6. The van der Waals surface area contributed by atoms with E-state index in [-0.39, 0.29) is 0 Å². The maximum atomic E-state index is 6.14. The molecule has 1 aromatic carbocycles. The first-order valence-corrected chi connectivity index (χ1v) is 11.2. The molecule has 0 radical (unpaired) electrons. The highest BCUT2D eigenvalue weighted by molar-refractivity contribution is 7.73. The zero-order valence-corrected chi connectivity index (χ0v) is 18.7. The summed E-state index contributed by atoms with van der Waals surface area (Å²) < 4.78 is 0.623. The van der Waals surface area contributed by atoms with Crippen LogP contribution in [0.5, 0.6) is 0 Å². The summed E-state index contributed by atoms with van der Waals surface area (Å²) >= 11 is 18.2. The number of piperazine rings is 1. The zero-order valence-electron chi connectivity index (χ0n) is 15.5. The van der Waals surface area contributed by atoms with E-state index in [0.29, 0.717) is 15.1 Å². The fourth-order valence-electron chi connectivity index (χ4n) is 3.09. The maximum Gasteiger partial charge on any atom is 0.201 e. The molecular formula is C18H27Cl2N5S2. The Morgan fingerprint density at radius 3 is 2.56 bits per heavy atom. The van der Waals surface area contributed by atoms with Crippen LogP contribution in [0.15, 0.2) is 18.2 Å². The van der Waals surface area contributed by atoms with Gasteiger partial charge in [0, 0.05) is 35.7 Å². The lowest BCUT2D eigenvalue weighted by Gasteiger charge is -2.36. The predicted molar refractivity (Wildman–Crippen MR) is 119 cm³/mol. The molecule has 1 aliphatic heterocycles. The number of hydrogen-bond donors (Lipinski definition) is 3. The van der Waals surface area contributed by atoms with Crippen molar-refractivity contribution in [2.45, 2.75) is 38.6 Å². The lowest BCUT2D eigenvalue weighted by molar-refractivity contribution is 0.159. The van der Waals surface area contributed by atoms with Gasteiger partial charge in [-0.15, -0.1) is 5.10 Å². The molecular weight excluding hydrogens is 421 g/mol. The van der Waals surface area contributed by atoms with E-state index in [4.69, 9.17) is 28.9 Å². The van der Waals surface area contributed by atoms with Gasteiger partial charge in [0.15, 0.2) is 3.95 Å². The van der Waals surface area contributed by atoms with Crippen molar-refractivity contribution in [2.75, 3.05) is 31.9 Å². The maximum absolute atomic E-state index is 6.14. The number of rotatable bonds is 6. The van der Waals surface area contributed by atoms with Gasteiger partial charge in [-0.25, -0.2) is 0 Å². The van der Waals surface area contributed by atoms with Gasteiger partial charge in [0.1, 0.15) is 0 Å². The number of hydrogen-bond acceptors (Lipinski definition) is 6. The normalized spacial score (nSPS) is 17.4. The minimum Gasteiger partial charge on any atom is -0.374 e. The fraction of sp³-hybridized carbons (Fsp3) is 0.556. The molecule has 1 fully saturated rings. The molecule has 0 spiro atoms. The quantitative estimate of drug-likeness (QED) is 0.413. The lowest BCUT2D eigenvalue weighted by atomic mass is 10.0. The highest BCUT2D eigenvalue weighted by atomic mass is 35.5. The SMILES string of the molecule is CCCCCCN1CCNCC1c1cc(Cl)cc(Cl)c1.Nc1n[nH]c(=S)s1. The number of aromatic nitrogens is 2. The second-order valence-corrected chi connectivity index (χ2v) is 9.04. The van der Waals surface area contributed by atoms with E-state index in [1.165, 1.54) is 42.6 Å². The minimum absolute atomic E-state index is 0.390. The van der Waals surface area contributed by atoms with Gasteiger partial charge in [-0.2, -0.15) is 0 Å². The molecule has 0 aliphatic carbocycles. The Bertz CT molecular complexity index is 729. The Kier molecular flexibility index (Phi) is 10.0. The van der Waals surface area contributed by atoms with E-state index in [2.05, 4.69) is 39.6 Å². The number of benzene rings is 1. The predicted octanol–water partition coefficient (Wildman–Crippen LogP) is 5.30. The van der Waals surface area contributed by atoms with E-state index in [0.717, 1.165) is 36.2 Å². The molecule has 1 aromatic heterocycles. The molecule has 0 bridgehead atoms. The minimum atomic E-state index is 0.390. The van der Waals surface area contributed by atoms with Crippen molar-refractivity contribution >= 4 is 51.9 Å². The van der Waals surface area contributed by atoms with Crippen LogP contribution in [0.4, 0.5) is 5.13 Å². The number of anilines is 1. The van der Waals surface area contributed by atoms with Gasteiger partial charge in [-0.3, -0.25) is 10.00 Å². The van der Waals surface area contributed by atoms with E-state index in [1.807, 2.05) is 12.1 Å². The van der Waals surface area contributed by atoms with Crippen LogP contribution in [-0.2, 0) is 0 Å². The van der Waals surface area contributed by atoms with Gasteiger partial charge < -0.3 is 11.1 Å². The number of nitrogens with zero attached hydrogens (tertiary/aromatic N) is 2. The molecule has 0 saturated carbocycles. The largest absolute Gasteiger partial charge is 0.374 e. The molecule has 1 saturated heterocycles. The van der Waals surface area contributed by atoms with Crippen molar-refractivity contribution in [1.29, 1.82) is 0 Å². The third-order valence-electron chi connectivity index (χ3n) is 4.38.